The number of amides is 1. The van der Waals surface area contributed by atoms with Crippen LogP contribution in [0.5, 0.6) is 0 Å². The Morgan fingerprint density at radius 2 is 1.45 bits per heavy atom. The maximum atomic E-state index is 10.9. The summed E-state index contributed by atoms with van der Waals surface area (Å²) in [6, 6.07) is 7.86. The average molecular weight is 276 g/mol. The van der Waals surface area contributed by atoms with Crippen LogP contribution in [0.2, 0.25) is 0 Å². The summed E-state index contributed by atoms with van der Waals surface area (Å²) < 4.78 is 0. The number of anilines is 2. The van der Waals surface area contributed by atoms with E-state index in [4.69, 9.17) is 0 Å². The number of unbranched alkanes of at least 4 members (excludes halogenated alkanes) is 6. The van der Waals surface area contributed by atoms with Crippen LogP contribution in [0.1, 0.15) is 58.8 Å². The van der Waals surface area contributed by atoms with Gasteiger partial charge in [0.05, 0.1) is 0 Å². The average Bonchev–Trinajstić information content (AvgIpc) is 2.43. The summed E-state index contributed by atoms with van der Waals surface area (Å²) in [4.78, 5) is 10.9. The first-order valence-electron chi connectivity index (χ1n) is 7.84. The molecule has 0 aliphatic heterocycles. The van der Waals surface area contributed by atoms with Crippen molar-refractivity contribution >= 4 is 17.3 Å². The highest BCUT2D eigenvalue weighted by atomic mass is 16.1. The Bertz CT molecular complexity index is 373. The van der Waals surface area contributed by atoms with E-state index in [2.05, 4.69) is 17.6 Å². The molecule has 1 amide bonds. The summed E-state index contributed by atoms with van der Waals surface area (Å²) in [5.41, 5.74) is 1.96. The number of benzene rings is 1. The Morgan fingerprint density at radius 3 is 2.05 bits per heavy atom. The number of hydrogen-bond acceptors (Lipinski definition) is 2. The molecule has 0 radical (unpaired) electrons. The zero-order chi connectivity index (χ0) is 14.6. The molecule has 0 aliphatic carbocycles. The second-order valence-electron chi connectivity index (χ2n) is 5.31. The second kappa shape index (κ2) is 10.3. The minimum atomic E-state index is -0.0335. The number of carbonyl (C=O) groups excluding carboxylic acids is 1. The SMILES string of the molecule is CCCCCCCCCNc1ccc(NC(C)=O)cc1. The van der Waals surface area contributed by atoms with Gasteiger partial charge in [-0.15, -0.1) is 0 Å². The Hall–Kier alpha value is -1.51. The third-order valence-corrected chi connectivity index (χ3v) is 3.31. The molecule has 112 valence electrons. The molecule has 2 N–H and O–H groups in total. The maximum absolute atomic E-state index is 10.9. The van der Waals surface area contributed by atoms with Gasteiger partial charge in [-0.25, -0.2) is 0 Å². The molecule has 0 atom stereocenters. The van der Waals surface area contributed by atoms with Gasteiger partial charge in [-0.05, 0) is 30.7 Å². The summed E-state index contributed by atoms with van der Waals surface area (Å²) in [5.74, 6) is -0.0335. The van der Waals surface area contributed by atoms with Crippen molar-refractivity contribution in [2.75, 3.05) is 17.2 Å². The highest BCUT2D eigenvalue weighted by molar-refractivity contribution is 5.88. The van der Waals surface area contributed by atoms with Crippen LogP contribution in [0.3, 0.4) is 0 Å². The fourth-order valence-electron chi connectivity index (χ4n) is 2.19. The van der Waals surface area contributed by atoms with Gasteiger partial charge in [0.15, 0.2) is 0 Å². The fraction of sp³-hybridized carbons (Fsp3) is 0.588. The lowest BCUT2D eigenvalue weighted by atomic mass is 10.1. The van der Waals surface area contributed by atoms with Crippen LogP contribution < -0.4 is 10.6 Å². The number of hydrogen-bond donors (Lipinski definition) is 2. The topological polar surface area (TPSA) is 41.1 Å². The highest BCUT2D eigenvalue weighted by Crippen LogP contribution is 2.14. The zero-order valence-electron chi connectivity index (χ0n) is 12.9. The second-order valence-corrected chi connectivity index (χ2v) is 5.31. The van der Waals surface area contributed by atoms with Crippen molar-refractivity contribution in [3.63, 3.8) is 0 Å². The van der Waals surface area contributed by atoms with Gasteiger partial charge in [-0.2, -0.15) is 0 Å². The molecule has 0 heterocycles. The van der Waals surface area contributed by atoms with Gasteiger partial charge in [0.25, 0.3) is 0 Å². The molecule has 3 heteroatoms. The molecule has 0 aliphatic rings. The van der Waals surface area contributed by atoms with E-state index in [-0.39, 0.29) is 5.91 Å². The van der Waals surface area contributed by atoms with Gasteiger partial charge in [-0.1, -0.05) is 45.4 Å². The Balaban J connectivity index is 2.08. The van der Waals surface area contributed by atoms with Crippen molar-refractivity contribution < 1.29 is 4.79 Å². The molecule has 0 saturated carbocycles. The van der Waals surface area contributed by atoms with E-state index in [9.17, 15) is 4.79 Å². The maximum Gasteiger partial charge on any atom is 0.221 e. The molecule has 0 fully saturated rings. The summed E-state index contributed by atoms with van der Waals surface area (Å²) in [6.45, 7) is 4.79. The summed E-state index contributed by atoms with van der Waals surface area (Å²) in [7, 11) is 0. The van der Waals surface area contributed by atoms with Gasteiger partial charge in [0.2, 0.25) is 5.91 Å². The highest BCUT2D eigenvalue weighted by Gasteiger charge is 1.96. The van der Waals surface area contributed by atoms with E-state index in [1.165, 1.54) is 51.9 Å². The van der Waals surface area contributed by atoms with E-state index < -0.39 is 0 Å². The fourth-order valence-corrected chi connectivity index (χ4v) is 2.19. The molecule has 0 bridgehead atoms. The largest absolute Gasteiger partial charge is 0.385 e. The van der Waals surface area contributed by atoms with Gasteiger partial charge >= 0.3 is 0 Å². The molecule has 0 spiro atoms. The van der Waals surface area contributed by atoms with Gasteiger partial charge in [0, 0.05) is 24.8 Å². The molecule has 1 aromatic carbocycles. The smallest absolute Gasteiger partial charge is 0.221 e. The quantitative estimate of drug-likeness (QED) is 0.602. The van der Waals surface area contributed by atoms with Gasteiger partial charge < -0.3 is 10.6 Å². The lowest BCUT2D eigenvalue weighted by Gasteiger charge is -2.08. The summed E-state index contributed by atoms with van der Waals surface area (Å²) >= 11 is 0. The minimum absolute atomic E-state index is 0.0335. The zero-order valence-corrected chi connectivity index (χ0v) is 12.9. The van der Waals surface area contributed by atoms with Crippen molar-refractivity contribution in [1.29, 1.82) is 0 Å². The van der Waals surface area contributed by atoms with Crippen molar-refractivity contribution in [3.05, 3.63) is 24.3 Å². The van der Waals surface area contributed by atoms with Crippen LogP contribution in [0, 0.1) is 0 Å². The molecule has 1 aromatic rings. The third-order valence-electron chi connectivity index (χ3n) is 3.31. The molecular formula is C17H28N2O. The van der Waals surface area contributed by atoms with E-state index in [0.29, 0.717) is 0 Å². The van der Waals surface area contributed by atoms with Crippen LogP contribution in [-0.4, -0.2) is 12.5 Å². The van der Waals surface area contributed by atoms with Crippen molar-refractivity contribution in [3.8, 4) is 0 Å². The predicted octanol–water partition coefficient (Wildman–Crippen LogP) is 4.81. The summed E-state index contributed by atoms with van der Waals surface area (Å²) in [6.07, 6.45) is 9.33. The summed E-state index contributed by atoms with van der Waals surface area (Å²) in [5, 5.41) is 6.18. The Kier molecular flexibility index (Phi) is 8.52. The lowest BCUT2D eigenvalue weighted by Crippen LogP contribution is -2.06. The molecule has 3 nitrogen and oxygen atoms in total. The first kappa shape index (κ1) is 16.5. The predicted molar refractivity (Wildman–Crippen MR) is 87.2 cm³/mol. The van der Waals surface area contributed by atoms with Crippen LogP contribution in [-0.2, 0) is 4.79 Å². The van der Waals surface area contributed by atoms with E-state index in [0.717, 1.165) is 17.9 Å². The molecule has 1 rings (SSSR count). The number of carbonyl (C=O) groups is 1. The van der Waals surface area contributed by atoms with E-state index in [1.54, 1.807) is 0 Å². The monoisotopic (exact) mass is 276 g/mol. The first-order valence-corrected chi connectivity index (χ1v) is 7.84. The molecule has 0 saturated heterocycles. The molecule has 0 aromatic heterocycles. The Morgan fingerprint density at radius 1 is 0.900 bits per heavy atom. The van der Waals surface area contributed by atoms with Gasteiger partial charge in [-0.3, -0.25) is 4.79 Å². The van der Waals surface area contributed by atoms with Crippen LogP contribution in [0.4, 0.5) is 11.4 Å². The van der Waals surface area contributed by atoms with Crippen LogP contribution in [0.15, 0.2) is 24.3 Å². The van der Waals surface area contributed by atoms with Crippen molar-refractivity contribution in [2.24, 2.45) is 0 Å². The first-order chi connectivity index (χ1) is 9.72. The minimum Gasteiger partial charge on any atom is -0.385 e. The van der Waals surface area contributed by atoms with Crippen molar-refractivity contribution in [1.82, 2.24) is 0 Å². The number of rotatable bonds is 10. The van der Waals surface area contributed by atoms with Gasteiger partial charge in [0.1, 0.15) is 0 Å². The van der Waals surface area contributed by atoms with Crippen molar-refractivity contribution in [2.45, 2.75) is 58.8 Å². The normalized spacial score (nSPS) is 10.3. The molecule has 0 unspecified atom stereocenters. The van der Waals surface area contributed by atoms with Crippen LogP contribution in [0.25, 0.3) is 0 Å². The third kappa shape index (κ3) is 7.82. The Labute approximate surface area is 123 Å². The molecular weight excluding hydrogens is 248 g/mol. The van der Waals surface area contributed by atoms with E-state index >= 15 is 0 Å². The lowest BCUT2D eigenvalue weighted by molar-refractivity contribution is -0.114. The number of nitrogens with one attached hydrogen (secondary N) is 2. The standard InChI is InChI=1S/C17H28N2O/c1-3-4-5-6-7-8-9-14-18-16-10-12-17(13-11-16)19-15(2)20/h10-13,18H,3-9,14H2,1-2H3,(H,19,20). The molecule has 20 heavy (non-hydrogen) atoms. The van der Waals surface area contributed by atoms with E-state index in [1.807, 2.05) is 24.3 Å². The van der Waals surface area contributed by atoms with Crippen LogP contribution >= 0.6 is 0 Å².